The van der Waals surface area contributed by atoms with Crippen LogP contribution in [0.4, 0.5) is 0 Å². The Balaban J connectivity index is 2.26. The topological polar surface area (TPSA) is 65.1 Å². The molecular formula is C15H27BrN4O. The van der Waals surface area contributed by atoms with Crippen LogP contribution in [0.25, 0.3) is 0 Å². The van der Waals surface area contributed by atoms with Crippen LogP contribution in [0, 0.1) is 6.92 Å². The first-order chi connectivity index (χ1) is 10.1. The van der Waals surface area contributed by atoms with Crippen molar-refractivity contribution in [3.05, 3.63) is 15.9 Å². The zero-order valence-electron chi connectivity index (χ0n) is 13.3. The minimum absolute atomic E-state index is 0.109. The van der Waals surface area contributed by atoms with Crippen LogP contribution < -0.4 is 11.3 Å². The van der Waals surface area contributed by atoms with Gasteiger partial charge in [0.2, 0.25) is 0 Å². The van der Waals surface area contributed by atoms with Gasteiger partial charge in [0.25, 0.3) is 0 Å². The highest BCUT2D eigenvalue weighted by Crippen LogP contribution is 2.38. The summed E-state index contributed by atoms with van der Waals surface area (Å²) in [4.78, 5) is 0. The average molecular weight is 359 g/mol. The number of aryl methyl sites for hydroxylation is 2. The summed E-state index contributed by atoms with van der Waals surface area (Å²) in [5.41, 5.74) is 5.11. The van der Waals surface area contributed by atoms with E-state index in [1.807, 2.05) is 6.92 Å². The Morgan fingerprint density at radius 2 is 2.10 bits per heavy atom. The Kier molecular flexibility index (Phi) is 5.82. The van der Waals surface area contributed by atoms with Crippen LogP contribution in [0.15, 0.2) is 4.47 Å². The maximum atomic E-state index is 6.15. The summed E-state index contributed by atoms with van der Waals surface area (Å²) in [6.45, 7) is 7.79. The van der Waals surface area contributed by atoms with Crippen LogP contribution in [0.2, 0.25) is 0 Å². The van der Waals surface area contributed by atoms with Crippen molar-refractivity contribution in [3.63, 3.8) is 0 Å². The first kappa shape index (κ1) is 16.9. The molecule has 3 N–H and O–H groups in total. The van der Waals surface area contributed by atoms with Gasteiger partial charge in [0.1, 0.15) is 0 Å². The number of nitrogens with two attached hydrogens (primary N) is 1. The Bertz CT molecular complexity index is 468. The maximum Gasteiger partial charge on any atom is 0.0851 e. The van der Waals surface area contributed by atoms with Crippen LogP contribution in [0.3, 0.4) is 0 Å². The highest BCUT2D eigenvalue weighted by molar-refractivity contribution is 9.10. The van der Waals surface area contributed by atoms with E-state index in [9.17, 15) is 0 Å². The molecule has 1 aromatic heterocycles. The Hall–Kier alpha value is -0.430. The molecule has 6 heteroatoms. The van der Waals surface area contributed by atoms with Gasteiger partial charge in [-0.25, -0.2) is 0 Å². The maximum absolute atomic E-state index is 6.15. The predicted octanol–water partition coefficient (Wildman–Crippen LogP) is 2.70. The summed E-state index contributed by atoms with van der Waals surface area (Å²) < 4.78 is 9.29. The second-order valence-corrected chi connectivity index (χ2v) is 6.58. The molecule has 0 amide bonds. The molecule has 0 radical (unpaired) electrons. The van der Waals surface area contributed by atoms with Crippen molar-refractivity contribution in [2.75, 3.05) is 6.61 Å². The molecule has 1 atom stereocenters. The van der Waals surface area contributed by atoms with Crippen molar-refractivity contribution < 1.29 is 4.74 Å². The van der Waals surface area contributed by atoms with Gasteiger partial charge < -0.3 is 4.74 Å². The first-order valence-electron chi connectivity index (χ1n) is 7.89. The quantitative estimate of drug-likeness (QED) is 0.580. The largest absolute Gasteiger partial charge is 0.374 e. The van der Waals surface area contributed by atoms with Gasteiger partial charge in [-0.2, -0.15) is 5.10 Å². The monoisotopic (exact) mass is 358 g/mol. The molecule has 1 aliphatic rings. The fourth-order valence-corrected chi connectivity index (χ4v) is 3.95. The zero-order chi connectivity index (χ0) is 15.5. The molecule has 0 spiro atoms. The van der Waals surface area contributed by atoms with E-state index in [2.05, 4.69) is 45.0 Å². The van der Waals surface area contributed by atoms with Gasteiger partial charge in [0.05, 0.1) is 27.5 Å². The SMILES string of the molecule is CCOC1(C(Cc2c(Br)c(C)nn2CC)NN)CCCC1. The van der Waals surface area contributed by atoms with Crippen molar-refractivity contribution in [2.24, 2.45) is 5.84 Å². The lowest BCUT2D eigenvalue weighted by Gasteiger charge is -2.37. The minimum Gasteiger partial charge on any atom is -0.374 e. The summed E-state index contributed by atoms with van der Waals surface area (Å²) in [6, 6.07) is 0.109. The van der Waals surface area contributed by atoms with E-state index in [1.165, 1.54) is 18.5 Å². The molecule has 1 fully saturated rings. The molecule has 0 saturated heterocycles. The molecule has 0 bridgehead atoms. The van der Waals surface area contributed by atoms with Crippen molar-refractivity contribution in [2.45, 2.75) is 71.1 Å². The Labute approximate surface area is 135 Å². The van der Waals surface area contributed by atoms with Crippen molar-refractivity contribution >= 4 is 15.9 Å². The van der Waals surface area contributed by atoms with E-state index in [-0.39, 0.29) is 11.6 Å². The number of rotatable bonds is 7. The zero-order valence-corrected chi connectivity index (χ0v) is 14.9. The van der Waals surface area contributed by atoms with E-state index in [1.54, 1.807) is 0 Å². The number of halogens is 1. The van der Waals surface area contributed by atoms with E-state index >= 15 is 0 Å². The standard InChI is InChI=1S/C15H27BrN4O/c1-4-20-12(14(16)11(3)19-20)10-13(18-17)15(21-5-2)8-6-7-9-15/h13,18H,4-10,17H2,1-3H3. The highest BCUT2D eigenvalue weighted by atomic mass is 79.9. The third-order valence-corrected chi connectivity index (χ3v) is 5.60. The summed E-state index contributed by atoms with van der Waals surface area (Å²) in [5, 5.41) is 4.57. The molecule has 5 nitrogen and oxygen atoms in total. The molecule has 1 heterocycles. The molecule has 1 aliphatic carbocycles. The number of nitrogens with one attached hydrogen (secondary N) is 1. The molecule has 1 unspecified atom stereocenters. The van der Waals surface area contributed by atoms with Crippen LogP contribution >= 0.6 is 15.9 Å². The number of hydrazine groups is 1. The first-order valence-corrected chi connectivity index (χ1v) is 8.69. The summed E-state index contributed by atoms with van der Waals surface area (Å²) in [5.74, 6) is 5.89. The molecule has 2 rings (SSSR count). The van der Waals surface area contributed by atoms with Crippen LogP contribution in [0.5, 0.6) is 0 Å². The molecule has 0 aliphatic heterocycles. The third kappa shape index (κ3) is 3.33. The van der Waals surface area contributed by atoms with Gasteiger partial charge in [-0.1, -0.05) is 12.8 Å². The van der Waals surface area contributed by atoms with Crippen molar-refractivity contribution in [1.29, 1.82) is 0 Å². The molecule has 0 aromatic carbocycles. The number of ether oxygens (including phenoxy) is 1. The summed E-state index contributed by atoms with van der Waals surface area (Å²) in [7, 11) is 0. The Morgan fingerprint density at radius 1 is 1.43 bits per heavy atom. The van der Waals surface area contributed by atoms with Gasteiger partial charge in [-0.3, -0.25) is 16.0 Å². The van der Waals surface area contributed by atoms with E-state index < -0.39 is 0 Å². The minimum atomic E-state index is -0.139. The van der Waals surface area contributed by atoms with E-state index in [0.29, 0.717) is 0 Å². The van der Waals surface area contributed by atoms with Crippen LogP contribution in [0.1, 0.15) is 50.9 Å². The van der Waals surface area contributed by atoms with E-state index in [4.69, 9.17) is 10.6 Å². The highest BCUT2D eigenvalue weighted by Gasteiger charge is 2.42. The van der Waals surface area contributed by atoms with Gasteiger partial charge in [0.15, 0.2) is 0 Å². The number of nitrogens with zero attached hydrogens (tertiary/aromatic N) is 2. The molecule has 1 saturated carbocycles. The second-order valence-electron chi connectivity index (χ2n) is 5.79. The van der Waals surface area contributed by atoms with Gasteiger partial charge in [0, 0.05) is 19.6 Å². The smallest absolute Gasteiger partial charge is 0.0851 e. The number of hydrogen-bond donors (Lipinski definition) is 2. The fraction of sp³-hybridized carbons (Fsp3) is 0.800. The average Bonchev–Trinajstić information content (AvgIpc) is 3.04. The molecule has 21 heavy (non-hydrogen) atoms. The predicted molar refractivity (Wildman–Crippen MR) is 88.0 cm³/mol. The summed E-state index contributed by atoms with van der Waals surface area (Å²) >= 11 is 3.67. The van der Waals surface area contributed by atoms with Crippen LogP contribution in [-0.4, -0.2) is 28.0 Å². The fourth-order valence-electron chi connectivity index (χ4n) is 3.51. The molecular weight excluding hydrogens is 332 g/mol. The van der Waals surface area contributed by atoms with Gasteiger partial charge in [-0.05, 0) is 49.5 Å². The normalized spacial score (nSPS) is 19.1. The lowest BCUT2D eigenvalue weighted by molar-refractivity contribution is -0.0617. The number of hydrogen-bond acceptors (Lipinski definition) is 4. The van der Waals surface area contributed by atoms with Gasteiger partial charge >= 0.3 is 0 Å². The Morgan fingerprint density at radius 3 is 2.62 bits per heavy atom. The molecule has 120 valence electrons. The summed E-state index contributed by atoms with van der Waals surface area (Å²) in [6.07, 6.45) is 5.40. The van der Waals surface area contributed by atoms with Crippen molar-refractivity contribution in [1.82, 2.24) is 15.2 Å². The lowest BCUT2D eigenvalue weighted by atomic mass is 9.89. The van der Waals surface area contributed by atoms with Crippen LogP contribution in [-0.2, 0) is 17.7 Å². The number of aromatic nitrogens is 2. The lowest BCUT2D eigenvalue weighted by Crippen LogP contribution is -2.55. The van der Waals surface area contributed by atoms with E-state index in [0.717, 1.165) is 42.6 Å². The van der Waals surface area contributed by atoms with Crippen molar-refractivity contribution in [3.8, 4) is 0 Å². The second kappa shape index (κ2) is 7.22. The van der Waals surface area contributed by atoms with Gasteiger partial charge in [-0.15, -0.1) is 0 Å². The third-order valence-electron chi connectivity index (χ3n) is 4.57. The molecule has 1 aromatic rings.